The molecule has 0 saturated heterocycles. The summed E-state index contributed by atoms with van der Waals surface area (Å²) in [7, 11) is -3.81. The van der Waals surface area contributed by atoms with E-state index in [1.54, 1.807) is 6.92 Å². The highest BCUT2D eigenvalue weighted by molar-refractivity contribution is 7.89. The van der Waals surface area contributed by atoms with Gasteiger partial charge in [-0.15, -0.1) is 0 Å². The van der Waals surface area contributed by atoms with Crippen LogP contribution in [-0.2, 0) is 19.6 Å². The lowest BCUT2D eigenvalue weighted by atomic mass is 10.3. The lowest BCUT2D eigenvalue weighted by Gasteiger charge is -2.07. The van der Waals surface area contributed by atoms with Crippen LogP contribution in [0, 0.1) is 5.82 Å². The molecule has 1 aromatic carbocycles. The van der Waals surface area contributed by atoms with Crippen molar-refractivity contribution in [1.29, 1.82) is 0 Å². The summed E-state index contributed by atoms with van der Waals surface area (Å²) in [6.45, 7) is 1.79. The highest BCUT2D eigenvalue weighted by Crippen LogP contribution is 2.16. The molecule has 0 saturated carbocycles. The predicted molar refractivity (Wildman–Crippen MR) is 67.3 cm³/mol. The molecule has 0 aliphatic rings. The van der Waals surface area contributed by atoms with E-state index < -0.39 is 21.8 Å². The van der Waals surface area contributed by atoms with E-state index >= 15 is 0 Å². The topological polar surface area (TPSA) is 98.5 Å². The van der Waals surface area contributed by atoms with Crippen molar-refractivity contribution in [3.8, 4) is 0 Å². The van der Waals surface area contributed by atoms with Gasteiger partial charge in [0.15, 0.2) is 0 Å². The molecule has 0 aliphatic heterocycles. The maximum Gasteiger partial charge on any atom is 0.307 e. The van der Waals surface area contributed by atoms with Gasteiger partial charge in [-0.3, -0.25) is 4.79 Å². The van der Waals surface area contributed by atoms with E-state index in [4.69, 9.17) is 5.73 Å². The van der Waals surface area contributed by atoms with Crippen LogP contribution >= 0.6 is 0 Å². The maximum absolute atomic E-state index is 12.9. The summed E-state index contributed by atoms with van der Waals surface area (Å²) >= 11 is 0. The van der Waals surface area contributed by atoms with Gasteiger partial charge in [0.25, 0.3) is 0 Å². The molecule has 106 valence electrons. The quantitative estimate of drug-likeness (QED) is 0.591. The third kappa shape index (κ3) is 4.49. The Bertz CT molecular complexity index is 560. The number of esters is 1. The summed E-state index contributed by atoms with van der Waals surface area (Å²) in [5.41, 5.74) is 5.04. The third-order valence-electron chi connectivity index (χ3n) is 2.20. The van der Waals surface area contributed by atoms with Crippen molar-refractivity contribution in [2.45, 2.75) is 18.2 Å². The molecule has 19 heavy (non-hydrogen) atoms. The number of carbonyl (C=O) groups excluding carboxylic acids is 1. The van der Waals surface area contributed by atoms with E-state index in [9.17, 15) is 17.6 Å². The average Bonchev–Trinajstić information content (AvgIpc) is 2.32. The maximum atomic E-state index is 12.9. The van der Waals surface area contributed by atoms with E-state index in [-0.39, 0.29) is 30.2 Å². The molecule has 0 fully saturated rings. The Kier molecular flexibility index (Phi) is 5.25. The van der Waals surface area contributed by atoms with Gasteiger partial charge in [0.05, 0.1) is 23.6 Å². The Hall–Kier alpha value is -1.67. The minimum Gasteiger partial charge on any atom is -0.466 e. The van der Waals surface area contributed by atoms with Crippen LogP contribution in [0.15, 0.2) is 23.1 Å². The zero-order valence-corrected chi connectivity index (χ0v) is 11.2. The van der Waals surface area contributed by atoms with E-state index in [0.717, 1.165) is 18.2 Å². The van der Waals surface area contributed by atoms with Crippen LogP contribution in [0.4, 0.5) is 10.1 Å². The Morgan fingerprint density at radius 2 is 2.16 bits per heavy atom. The Morgan fingerprint density at radius 3 is 2.74 bits per heavy atom. The second-order valence-electron chi connectivity index (χ2n) is 3.64. The normalized spacial score (nSPS) is 11.3. The van der Waals surface area contributed by atoms with Crippen LogP contribution in [0.5, 0.6) is 0 Å². The predicted octanol–water partition coefficient (Wildman–Crippen LogP) is 0.639. The Morgan fingerprint density at radius 1 is 1.47 bits per heavy atom. The SMILES string of the molecule is CCOC(=O)CCNS(=O)(=O)c1ccc(F)c(N)c1. The fraction of sp³-hybridized carbons (Fsp3) is 0.364. The van der Waals surface area contributed by atoms with E-state index in [1.807, 2.05) is 0 Å². The lowest BCUT2D eigenvalue weighted by Crippen LogP contribution is -2.27. The molecule has 1 aromatic rings. The van der Waals surface area contributed by atoms with Gasteiger partial charge in [0.1, 0.15) is 5.82 Å². The molecule has 0 bridgehead atoms. The number of sulfonamides is 1. The first-order chi connectivity index (χ1) is 8.86. The molecule has 0 heterocycles. The van der Waals surface area contributed by atoms with Crippen molar-refractivity contribution in [2.24, 2.45) is 0 Å². The molecular weight excluding hydrogens is 275 g/mol. The number of hydrogen-bond donors (Lipinski definition) is 2. The second kappa shape index (κ2) is 6.48. The van der Waals surface area contributed by atoms with Crippen molar-refractivity contribution in [3.05, 3.63) is 24.0 Å². The first-order valence-electron chi connectivity index (χ1n) is 5.57. The molecule has 0 spiro atoms. The number of hydrogen-bond acceptors (Lipinski definition) is 5. The van der Waals surface area contributed by atoms with Gasteiger partial charge in [-0.05, 0) is 25.1 Å². The minimum absolute atomic E-state index is 0.0796. The molecule has 0 aliphatic carbocycles. The molecular formula is C11H15FN2O4S. The summed E-state index contributed by atoms with van der Waals surface area (Å²) in [6, 6.07) is 3.08. The first kappa shape index (κ1) is 15.4. The number of carbonyl (C=O) groups is 1. The van der Waals surface area contributed by atoms with Crippen LogP contribution in [0.3, 0.4) is 0 Å². The van der Waals surface area contributed by atoms with Crippen LogP contribution in [-0.4, -0.2) is 27.5 Å². The molecule has 0 aromatic heterocycles. The van der Waals surface area contributed by atoms with Crippen molar-refractivity contribution >= 4 is 21.7 Å². The zero-order chi connectivity index (χ0) is 14.5. The van der Waals surface area contributed by atoms with E-state index in [1.165, 1.54) is 0 Å². The van der Waals surface area contributed by atoms with Gasteiger partial charge in [-0.2, -0.15) is 0 Å². The Balaban J connectivity index is 2.66. The third-order valence-corrected chi connectivity index (χ3v) is 3.66. The molecule has 3 N–H and O–H groups in total. The molecule has 0 atom stereocenters. The molecule has 0 radical (unpaired) electrons. The number of ether oxygens (including phenoxy) is 1. The summed E-state index contributed by atoms with van der Waals surface area (Å²) in [5.74, 6) is -1.19. The Labute approximate surface area is 110 Å². The average molecular weight is 290 g/mol. The smallest absolute Gasteiger partial charge is 0.307 e. The molecule has 0 amide bonds. The standard InChI is InChI=1S/C11H15FN2O4S/c1-2-18-11(15)5-6-14-19(16,17)8-3-4-9(12)10(13)7-8/h3-4,7,14H,2,5-6,13H2,1H3. The lowest BCUT2D eigenvalue weighted by molar-refractivity contribution is -0.142. The van der Waals surface area contributed by atoms with E-state index in [0.29, 0.717) is 0 Å². The number of nitrogen functional groups attached to an aromatic ring is 1. The monoisotopic (exact) mass is 290 g/mol. The molecule has 0 unspecified atom stereocenters. The largest absolute Gasteiger partial charge is 0.466 e. The van der Waals surface area contributed by atoms with Gasteiger partial charge in [-0.1, -0.05) is 0 Å². The summed E-state index contributed by atoms with van der Waals surface area (Å²) in [4.78, 5) is 10.9. The van der Waals surface area contributed by atoms with Crippen LogP contribution in [0.25, 0.3) is 0 Å². The van der Waals surface area contributed by atoms with Crippen molar-refractivity contribution < 1.29 is 22.3 Å². The highest BCUT2D eigenvalue weighted by Gasteiger charge is 2.15. The van der Waals surface area contributed by atoms with Gasteiger partial charge >= 0.3 is 5.97 Å². The fourth-order valence-corrected chi connectivity index (χ4v) is 2.36. The molecule has 6 nitrogen and oxygen atoms in total. The molecule has 1 rings (SSSR count). The number of anilines is 1. The number of halogens is 1. The van der Waals surface area contributed by atoms with Crippen molar-refractivity contribution in [3.63, 3.8) is 0 Å². The second-order valence-corrected chi connectivity index (χ2v) is 5.40. The summed E-state index contributed by atoms with van der Waals surface area (Å²) < 4.78 is 43.4. The first-order valence-corrected chi connectivity index (χ1v) is 7.05. The number of nitrogens with two attached hydrogens (primary N) is 1. The van der Waals surface area contributed by atoms with E-state index in [2.05, 4.69) is 9.46 Å². The van der Waals surface area contributed by atoms with Gasteiger partial charge in [0.2, 0.25) is 10.0 Å². The van der Waals surface area contributed by atoms with Crippen LogP contribution in [0.2, 0.25) is 0 Å². The van der Waals surface area contributed by atoms with Crippen molar-refractivity contribution in [2.75, 3.05) is 18.9 Å². The fourth-order valence-electron chi connectivity index (χ4n) is 1.29. The summed E-state index contributed by atoms with van der Waals surface area (Å²) in [6.07, 6.45) is -0.0796. The number of benzene rings is 1. The van der Waals surface area contributed by atoms with Gasteiger partial charge in [0, 0.05) is 6.54 Å². The van der Waals surface area contributed by atoms with Crippen molar-refractivity contribution in [1.82, 2.24) is 4.72 Å². The summed E-state index contributed by atoms with van der Waals surface area (Å²) in [5, 5.41) is 0. The van der Waals surface area contributed by atoms with Gasteiger partial charge in [-0.25, -0.2) is 17.5 Å². The minimum atomic E-state index is -3.81. The van der Waals surface area contributed by atoms with Gasteiger partial charge < -0.3 is 10.5 Å². The zero-order valence-electron chi connectivity index (χ0n) is 10.3. The number of rotatable bonds is 6. The van der Waals surface area contributed by atoms with Crippen LogP contribution < -0.4 is 10.5 Å². The highest BCUT2D eigenvalue weighted by atomic mass is 32.2. The number of nitrogens with one attached hydrogen (secondary N) is 1. The van der Waals surface area contributed by atoms with Crippen LogP contribution in [0.1, 0.15) is 13.3 Å². The molecule has 8 heteroatoms.